The summed E-state index contributed by atoms with van der Waals surface area (Å²) in [7, 11) is 1.38. The molecule has 0 aliphatic heterocycles. The number of quaternary nitrogens is 1. The summed E-state index contributed by atoms with van der Waals surface area (Å²) in [5.74, 6) is -0.325. The zero-order valence-corrected chi connectivity index (χ0v) is 41.8. The van der Waals surface area contributed by atoms with E-state index in [-0.39, 0.29) is 25.8 Å². The van der Waals surface area contributed by atoms with E-state index in [1.165, 1.54) is 212 Å². The lowest BCUT2D eigenvalue weighted by Crippen LogP contribution is -2.37. The summed E-state index contributed by atoms with van der Waals surface area (Å²) in [5, 5.41) is 0. The maximum Gasteiger partial charge on any atom is 0.306 e. The Hall–Kier alpha value is -0.500. The van der Waals surface area contributed by atoms with Gasteiger partial charge in [0.15, 0.2) is 0 Å². The zero-order valence-electron chi connectivity index (χ0n) is 40.9. The number of phosphoric ester groups is 1. The molecule has 0 aromatic carbocycles. The maximum atomic E-state index is 12.7. The fraction of sp³-hybridized carbons (Fsp3) is 0.980. The predicted molar refractivity (Wildman–Crippen MR) is 255 cm³/mol. The van der Waals surface area contributed by atoms with Gasteiger partial charge in [-0.15, -0.1) is 0 Å². The lowest BCUT2D eigenvalue weighted by atomic mass is 10.0. The second-order valence-corrected chi connectivity index (χ2v) is 20.7. The predicted octanol–water partition coefficient (Wildman–Crippen LogP) is 15.4. The number of rotatable bonds is 50. The van der Waals surface area contributed by atoms with Crippen LogP contribution >= 0.6 is 7.82 Å². The summed E-state index contributed by atoms with van der Waals surface area (Å²) >= 11 is 0. The molecule has 0 heterocycles. The normalized spacial score (nSPS) is 13.5. The fourth-order valence-electron chi connectivity index (χ4n) is 7.84. The van der Waals surface area contributed by atoms with E-state index in [2.05, 4.69) is 13.8 Å². The van der Waals surface area contributed by atoms with E-state index >= 15 is 0 Å². The third-order valence-electron chi connectivity index (χ3n) is 11.9. The number of likely N-dealkylation sites (N-methyl/N-ethyl adjacent to an activating group) is 1. The van der Waals surface area contributed by atoms with Gasteiger partial charge >= 0.3 is 5.97 Å². The Kier molecular flexibility index (Phi) is 44.7. The van der Waals surface area contributed by atoms with Crippen molar-refractivity contribution in [2.45, 2.75) is 270 Å². The van der Waals surface area contributed by atoms with Crippen LogP contribution in [-0.2, 0) is 27.9 Å². The highest BCUT2D eigenvalue weighted by Gasteiger charge is 2.20. The Bertz CT molecular complexity index is 930. The van der Waals surface area contributed by atoms with Gasteiger partial charge in [0.2, 0.25) is 0 Å². The molecule has 9 heteroatoms. The van der Waals surface area contributed by atoms with Crippen LogP contribution in [-0.4, -0.2) is 70.7 Å². The molecule has 0 aliphatic carbocycles. The number of ether oxygens (including phenoxy) is 2. The largest absolute Gasteiger partial charge is 0.756 e. The molecule has 0 radical (unpaired) electrons. The first-order chi connectivity index (χ1) is 29.1. The van der Waals surface area contributed by atoms with E-state index in [0.717, 1.165) is 32.1 Å². The van der Waals surface area contributed by atoms with Crippen LogP contribution in [0.5, 0.6) is 0 Å². The standard InChI is InChI=1S/C51H104NO7P/c1-6-8-10-12-14-16-18-20-22-24-26-27-29-31-33-35-37-39-41-43-46-56-48-50(49-58-60(54,55)57-47-45-52(3,4)5)59-51(53)44-42-40-38-36-34-32-30-28-25-23-21-19-17-15-13-11-9-7-2/h50H,6-49H2,1-5H3. The molecule has 2 unspecified atom stereocenters. The summed E-state index contributed by atoms with van der Waals surface area (Å²) in [6.45, 7) is 5.50. The van der Waals surface area contributed by atoms with Crippen LogP contribution in [0.4, 0.5) is 0 Å². The van der Waals surface area contributed by atoms with Gasteiger partial charge in [-0.2, -0.15) is 0 Å². The Morgan fingerprint density at radius 3 is 1.10 bits per heavy atom. The topological polar surface area (TPSA) is 94.1 Å². The number of carbonyl (C=O) groups is 1. The lowest BCUT2D eigenvalue weighted by molar-refractivity contribution is -0.870. The molecule has 0 aromatic heterocycles. The van der Waals surface area contributed by atoms with E-state index in [1.807, 2.05) is 21.1 Å². The van der Waals surface area contributed by atoms with Crippen LogP contribution in [0.15, 0.2) is 0 Å². The number of esters is 1. The molecular weight excluding hydrogens is 770 g/mol. The Morgan fingerprint density at radius 1 is 0.450 bits per heavy atom. The molecule has 0 saturated carbocycles. The fourth-order valence-corrected chi connectivity index (χ4v) is 8.57. The average Bonchev–Trinajstić information content (AvgIpc) is 3.20. The van der Waals surface area contributed by atoms with Crippen molar-refractivity contribution >= 4 is 13.8 Å². The molecule has 0 bridgehead atoms. The molecule has 0 aliphatic rings. The maximum absolute atomic E-state index is 12.7. The Balaban J connectivity index is 4.07. The smallest absolute Gasteiger partial charge is 0.306 e. The third-order valence-corrected chi connectivity index (χ3v) is 12.9. The van der Waals surface area contributed by atoms with Crippen LogP contribution in [0, 0.1) is 0 Å². The van der Waals surface area contributed by atoms with Gasteiger partial charge in [-0.3, -0.25) is 9.36 Å². The molecule has 0 saturated heterocycles. The first kappa shape index (κ1) is 59.5. The van der Waals surface area contributed by atoms with Gasteiger partial charge in [0.1, 0.15) is 19.3 Å². The summed E-state index contributed by atoms with van der Waals surface area (Å²) in [5.41, 5.74) is 0. The molecule has 60 heavy (non-hydrogen) atoms. The number of unbranched alkanes of at least 4 members (excludes halogenated alkanes) is 36. The molecule has 360 valence electrons. The van der Waals surface area contributed by atoms with Crippen LogP contribution in [0.25, 0.3) is 0 Å². The molecule has 0 N–H and O–H groups in total. The zero-order chi connectivity index (χ0) is 44.1. The van der Waals surface area contributed by atoms with Crippen LogP contribution < -0.4 is 4.89 Å². The summed E-state index contributed by atoms with van der Waals surface area (Å²) < 4.78 is 34.8. The number of hydrogen-bond donors (Lipinski definition) is 0. The van der Waals surface area contributed by atoms with Crippen molar-refractivity contribution in [3.05, 3.63) is 0 Å². The van der Waals surface area contributed by atoms with Crippen LogP contribution in [0.1, 0.15) is 264 Å². The Labute approximate surface area is 374 Å². The molecule has 8 nitrogen and oxygen atoms in total. The van der Waals surface area contributed by atoms with Gasteiger partial charge in [0, 0.05) is 13.0 Å². The molecule has 0 fully saturated rings. The van der Waals surface area contributed by atoms with Crippen molar-refractivity contribution in [1.29, 1.82) is 0 Å². The van der Waals surface area contributed by atoms with E-state index in [9.17, 15) is 14.3 Å². The van der Waals surface area contributed by atoms with Crippen molar-refractivity contribution in [3.8, 4) is 0 Å². The van der Waals surface area contributed by atoms with E-state index in [0.29, 0.717) is 24.1 Å². The van der Waals surface area contributed by atoms with Crippen molar-refractivity contribution < 1.29 is 37.3 Å². The second kappa shape index (κ2) is 45.1. The quantitative estimate of drug-likeness (QED) is 0.0260. The number of phosphoric acid groups is 1. The minimum atomic E-state index is -4.52. The van der Waals surface area contributed by atoms with E-state index in [1.54, 1.807) is 0 Å². The van der Waals surface area contributed by atoms with Crippen molar-refractivity contribution in [3.63, 3.8) is 0 Å². The number of hydrogen-bond acceptors (Lipinski definition) is 7. The number of carbonyl (C=O) groups excluding carboxylic acids is 1. The summed E-state index contributed by atoms with van der Waals surface area (Å²) in [6.07, 6.45) is 49.8. The molecule has 2 atom stereocenters. The van der Waals surface area contributed by atoms with Crippen molar-refractivity contribution in [2.24, 2.45) is 0 Å². The van der Waals surface area contributed by atoms with Gasteiger partial charge in [0.25, 0.3) is 7.82 Å². The minimum Gasteiger partial charge on any atom is -0.756 e. The monoisotopic (exact) mass is 874 g/mol. The third kappa shape index (κ3) is 48.5. The molecule has 0 aromatic rings. The minimum absolute atomic E-state index is 0.0318. The highest BCUT2D eigenvalue weighted by molar-refractivity contribution is 7.45. The van der Waals surface area contributed by atoms with Crippen LogP contribution in [0.3, 0.4) is 0 Å². The second-order valence-electron chi connectivity index (χ2n) is 19.3. The van der Waals surface area contributed by atoms with Gasteiger partial charge in [-0.25, -0.2) is 0 Å². The van der Waals surface area contributed by atoms with Gasteiger partial charge in [0.05, 0.1) is 34.4 Å². The SMILES string of the molecule is CCCCCCCCCCCCCCCCCCCCCCOCC(COP(=O)([O-])OCC[N+](C)(C)C)OC(=O)CCCCCCCCCCCCCCCCCCCC. The first-order valence-corrected chi connectivity index (χ1v) is 27.7. The summed E-state index contributed by atoms with van der Waals surface area (Å²) in [6, 6.07) is 0. The first-order valence-electron chi connectivity index (χ1n) is 26.3. The van der Waals surface area contributed by atoms with Gasteiger partial charge < -0.3 is 27.9 Å². The average molecular weight is 874 g/mol. The molecular formula is C51H104NO7P. The number of nitrogens with zero attached hydrogens (tertiary/aromatic N) is 1. The van der Waals surface area contributed by atoms with E-state index in [4.69, 9.17) is 18.5 Å². The van der Waals surface area contributed by atoms with Crippen LogP contribution in [0.2, 0.25) is 0 Å². The van der Waals surface area contributed by atoms with Gasteiger partial charge in [-0.05, 0) is 12.8 Å². The van der Waals surface area contributed by atoms with Crippen molar-refractivity contribution in [2.75, 3.05) is 54.1 Å². The highest BCUT2D eigenvalue weighted by Crippen LogP contribution is 2.38. The summed E-state index contributed by atoms with van der Waals surface area (Å²) in [4.78, 5) is 25.2. The molecule has 0 rings (SSSR count). The van der Waals surface area contributed by atoms with E-state index < -0.39 is 13.9 Å². The lowest BCUT2D eigenvalue weighted by Gasteiger charge is -2.28. The van der Waals surface area contributed by atoms with Gasteiger partial charge in [-0.1, -0.05) is 245 Å². The Morgan fingerprint density at radius 2 is 0.767 bits per heavy atom. The highest BCUT2D eigenvalue weighted by atomic mass is 31.2. The molecule has 0 amide bonds. The molecule has 0 spiro atoms. The van der Waals surface area contributed by atoms with Crippen molar-refractivity contribution in [1.82, 2.24) is 0 Å².